The third-order valence-corrected chi connectivity index (χ3v) is 6.98. The van der Waals surface area contributed by atoms with Crippen LogP contribution in [0, 0.1) is 5.41 Å². The Balaban J connectivity index is 1.22. The smallest absolute Gasteiger partial charge is 0.315 e. The van der Waals surface area contributed by atoms with Crippen molar-refractivity contribution in [1.29, 1.82) is 0 Å². The van der Waals surface area contributed by atoms with Crippen LogP contribution in [0.1, 0.15) is 42.9 Å². The lowest BCUT2D eigenvalue weighted by atomic mass is 9.56. The molecule has 0 spiro atoms. The lowest BCUT2D eigenvalue weighted by Crippen LogP contribution is -2.64. The highest BCUT2D eigenvalue weighted by atomic mass is 16.5. The van der Waals surface area contributed by atoms with Gasteiger partial charge in [0.05, 0.1) is 11.6 Å². The summed E-state index contributed by atoms with van der Waals surface area (Å²) in [6, 6.07) is 16.8. The molecule has 0 radical (unpaired) electrons. The normalized spacial score (nSPS) is 29.6. The zero-order valence-electron chi connectivity index (χ0n) is 16.6. The zero-order valence-corrected chi connectivity index (χ0v) is 16.6. The molecule has 6 rings (SSSR count). The molecule has 2 heterocycles. The van der Waals surface area contributed by atoms with Crippen LogP contribution < -0.4 is 10.6 Å². The predicted octanol–water partition coefficient (Wildman–Crippen LogP) is 3.57. The summed E-state index contributed by atoms with van der Waals surface area (Å²) in [4.78, 5) is 12.6. The van der Waals surface area contributed by atoms with Gasteiger partial charge in [-0.05, 0) is 60.4 Å². The molecule has 1 unspecified atom stereocenters. The Hall–Kier alpha value is -2.37. The van der Waals surface area contributed by atoms with Crippen molar-refractivity contribution in [3.63, 3.8) is 0 Å². The Labute approximate surface area is 171 Å². The van der Waals surface area contributed by atoms with Crippen molar-refractivity contribution in [3.05, 3.63) is 59.7 Å². The summed E-state index contributed by atoms with van der Waals surface area (Å²) in [5, 5.41) is 15.8. The number of carbonyl (C=O) groups excluding carboxylic acids is 1. The van der Waals surface area contributed by atoms with Crippen molar-refractivity contribution in [3.8, 4) is 11.1 Å². The number of fused-ring (bicyclic) bond motifs is 3. The molecule has 2 bridgehead atoms. The van der Waals surface area contributed by atoms with Crippen molar-refractivity contribution in [2.45, 2.75) is 43.7 Å². The molecule has 2 amide bonds. The van der Waals surface area contributed by atoms with Crippen LogP contribution in [0.15, 0.2) is 48.5 Å². The van der Waals surface area contributed by atoms with Crippen molar-refractivity contribution in [2.24, 2.45) is 5.41 Å². The van der Waals surface area contributed by atoms with Crippen LogP contribution in [-0.2, 0) is 11.2 Å². The lowest BCUT2D eigenvalue weighted by Gasteiger charge is -2.59. The molecule has 152 valence electrons. The number of urea groups is 1. The van der Waals surface area contributed by atoms with Crippen LogP contribution in [0.25, 0.3) is 11.1 Å². The maximum Gasteiger partial charge on any atom is 0.315 e. The summed E-state index contributed by atoms with van der Waals surface area (Å²) < 4.78 is 5.95. The van der Waals surface area contributed by atoms with Crippen molar-refractivity contribution in [1.82, 2.24) is 10.6 Å². The summed E-state index contributed by atoms with van der Waals surface area (Å²) in [6.07, 6.45) is 4.50. The Morgan fingerprint density at radius 1 is 1.14 bits per heavy atom. The minimum Gasteiger partial charge on any atom is -0.396 e. The first-order valence-corrected chi connectivity index (χ1v) is 10.6. The van der Waals surface area contributed by atoms with E-state index in [2.05, 4.69) is 41.0 Å². The van der Waals surface area contributed by atoms with Gasteiger partial charge < -0.3 is 20.5 Å². The van der Waals surface area contributed by atoms with E-state index < -0.39 is 0 Å². The molecular weight excluding hydrogens is 364 g/mol. The highest BCUT2D eigenvalue weighted by molar-refractivity contribution is 5.75. The standard InChI is InChI=1S/C24H28N2O3/c27-16-23-10-11-29-24(13-23,14-23)15-25-22(28)26-21-9-8-18-6-7-19(12-20(18)21)17-4-2-1-3-5-17/h1-7,12,21,27H,8-11,13-16H2,(H2,25,26,28). The minimum atomic E-state index is -0.285. The number of aliphatic hydroxyl groups is 1. The summed E-state index contributed by atoms with van der Waals surface area (Å²) in [6.45, 7) is 1.39. The molecule has 5 nitrogen and oxygen atoms in total. The molecule has 2 aliphatic heterocycles. The van der Waals surface area contributed by atoms with Gasteiger partial charge in [0, 0.05) is 25.2 Å². The van der Waals surface area contributed by atoms with E-state index in [-0.39, 0.29) is 29.7 Å². The number of amides is 2. The minimum absolute atomic E-state index is 0.0225. The van der Waals surface area contributed by atoms with E-state index in [4.69, 9.17) is 4.74 Å². The van der Waals surface area contributed by atoms with Crippen molar-refractivity contribution >= 4 is 6.03 Å². The van der Waals surface area contributed by atoms with Gasteiger partial charge in [0.15, 0.2) is 0 Å². The second-order valence-corrected chi connectivity index (χ2v) is 8.99. The topological polar surface area (TPSA) is 70.6 Å². The van der Waals surface area contributed by atoms with Crippen LogP contribution in [0.5, 0.6) is 0 Å². The van der Waals surface area contributed by atoms with Crippen LogP contribution in [0.3, 0.4) is 0 Å². The highest BCUT2D eigenvalue weighted by Gasteiger charge is 2.58. The van der Waals surface area contributed by atoms with Crippen LogP contribution >= 0.6 is 0 Å². The number of carbonyl (C=O) groups is 1. The molecule has 2 aliphatic carbocycles. The summed E-state index contributed by atoms with van der Waals surface area (Å²) in [7, 11) is 0. The summed E-state index contributed by atoms with van der Waals surface area (Å²) >= 11 is 0. The largest absolute Gasteiger partial charge is 0.396 e. The van der Waals surface area contributed by atoms with Crippen LogP contribution in [-0.4, -0.2) is 36.5 Å². The monoisotopic (exact) mass is 392 g/mol. The van der Waals surface area contributed by atoms with Gasteiger partial charge in [0.25, 0.3) is 0 Å². The van der Waals surface area contributed by atoms with Crippen molar-refractivity contribution in [2.75, 3.05) is 19.8 Å². The Morgan fingerprint density at radius 2 is 1.97 bits per heavy atom. The first-order chi connectivity index (χ1) is 14.1. The molecule has 29 heavy (non-hydrogen) atoms. The molecule has 1 atom stereocenters. The first kappa shape index (κ1) is 18.6. The van der Waals surface area contributed by atoms with Gasteiger partial charge in [0.1, 0.15) is 0 Å². The van der Waals surface area contributed by atoms with E-state index in [1.807, 2.05) is 18.2 Å². The highest BCUT2D eigenvalue weighted by Crippen LogP contribution is 2.56. The van der Waals surface area contributed by atoms with E-state index in [0.717, 1.165) is 32.1 Å². The average molecular weight is 392 g/mol. The number of aryl methyl sites for hydroxylation is 1. The SMILES string of the molecule is O=C(NCC12CC(CO)(CCO1)C2)NC1CCc2ccc(-c3ccccc3)cc21. The Kier molecular flexibility index (Phi) is 4.60. The van der Waals surface area contributed by atoms with Gasteiger partial charge in [-0.1, -0.05) is 42.5 Å². The number of benzene rings is 2. The number of ether oxygens (including phenoxy) is 1. The van der Waals surface area contributed by atoms with Crippen molar-refractivity contribution < 1.29 is 14.6 Å². The molecule has 3 fully saturated rings. The second kappa shape index (κ2) is 7.15. The predicted molar refractivity (Wildman–Crippen MR) is 112 cm³/mol. The third kappa shape index (κ3) is 3.43. The lowest BCUT2D eigenvalue weighted by molar-refractivity contribution is -0.232. The number of hydrogen-bond donors (Lipinski definition) is 3. The molecule has 0 aromatic heterocycles. The van der Waals surface area contributed by atoms with Gasteiger partial charge in [-0.15, -0.1) is 0 Å². The van der Waals surface area contributed by atoms with E-state index >= 15 is 0 Å². The fourth-order valence-electron chi connectivity index (χ4n) is 5.46. The average Bonchev–Trinajstić information content (AvgIpc) is 3.14. The summed E-state index contributed by atoms with van der Waals surface area (Å²) in [5.41, 5.74) is 4.65. The zero-order chi connectivity index (χ0) is 19.9. The Bertz CT molecular complexity index is 906. The van der Waals surface area contributed by atoms with E-state index in [0.29, 0.717) is 13.2 Å². The quantitative estimate of drug-likeness (QED) is 0.729. The van der Waals surface area contributed by atoms with Crippen LogP contribution in [0.2, 0.25) is 0 Å². The maximum atomic E-state index is 12.6. The number of nitrogens with one attached hydrogen (secondary N) is 2. The van der Waals surface area contributed by atoms with Gasteiger partial charge in [-0.3, -0.25) is 0 Å². The van der Waals surface area contributed by atoms with E-state index in [1.54, 1.807) is 0 Å². The third-order valence-electron chi connectivity index (χ3n) is 6.98. The first-order valence-electron chi connectivity index (χ1n) is 10.6. The number of rotatable bonds is 5. The Morgan fingerprint density at radius 3 is 2.76 bits per heavy atom. The van der Waals surface area contributed by atoms with Gasteiger partial charge in [-0.2, -0.15) is 0 Å². The fourth-order valence-corrected chi connectivity index (χ4v) is 5.46. The van der Waals surface area contributed by atoms with Crippen LogP contribution in [0.4, 0.5) is 4.79 Å². The fraction of sp³-hybridized carbons (Fsp3) is 0.458. The molecule has 4 aliphatic rings. The van der Waals surface area contributed by atoms with E-state index in [9.17, 15) is 9.90 Å². The second-order valence-electron chi connectivity index (χ2n) is 8.99. The molecule has 1 saturated carbocycles. The molecule has 2 saturated heterocycles. The van der Waals surface area contributed by atoms with Gasteiger partial charge in [0.2, 0.25) is 0 Å². The molecular formula is C24H28N2O3. The summed E-state index contributed by atoms with van der Waals surface area (Å²) in [5.74, 6) is 0. The molecule has 3 N–H and O–H groups in total. The van der Waals surface area contributed by atoms with Gasteiger partial charge >= 0.3 is 6.03 Å². The number of aliphatic hydroxyl groups excluding tert-OH is 1. The van der Waals surface area contributed by atoms with E-state index in [1.165, 1.54) is 22.3 Å². The maximum absolute atomic E-state index is 12.6. The molecule has 2 aromatic carbocycles. The van der Waals surface area contributed by atoms with Gasteiger partial charge in [-0.25, -0.2) is 4.79 Å². The molecule has 2 aromatic rings. The number of hydrogen-bond acceptors (Lipinski definition) is 3. The molecule has 5 heteroatoms.